The fourth-order valence-corrected chi connectivity index (χ4v) is 1.90. The Kier molecular flexibility index (Phi) is 4.33. The second-order valence-corrected chi connectivity index (χ2v) is 4.11. The molecule has 0 bridgehead atoms. The predicted molar refractivity (Wildman–Crippen MR) is 64.9 cm³/mol. The first kappa shape index (κ1) is 12.5. The molecule has 0 aliphatic carbocycles. The van der Waals surface area contributed by atoms with Gasteiger partial charge in [-0.2, -0.15) is 5.26 Å². The van der Waals surface area contributed by atoms with Crippen molar-refractivity contribution in [2.75, 3.05) is 18.5 Å². The Balaban J connectivity index is 3.03. The molecule has 3 nitrogen and oxygen atoms in total. The van der Waals surface area contributed by atoms with Crippen molar-refractivity contribution in [3.8, 4) is 6.07 Å². The topological polar surface area (TPSA) is 44.1 Å². The summed E-state index contributed by atoms with van der Waals surface area (Å²) in [5.74, 6) is -0.110. The van der Waals surface area contributed by atoms with Crippen LogP contribution in [-0.4, -0.2) is 19.9 Å². The second-order valence-electron chi connectivity index (χ2n) is 3.71. The van der Waals surface area contributed by atoms with Gasteiger partial charge in [0.15, 0.2) is 6.29 Å². The van der Waals surface area contributed by atoms with Gasteiger partial charge in [-0.25, -0.2) is 0 Å². The maximum absolute atomic E-state index is 10.9. The van der Waals surface area contributed by atoms with Crippen LogP contribution in [0, 0.1) is 17.2 Å². The fourth-order valence-electron chi connectivity index (χ4n) is 1.57. The van der Waals surface area contributed by atoms with Crippen LogP contribution in [0.3, 0.4) is 0 Å². The van der Waals surface area contributed by atoms with E-state index in [1.165, 1.54) is 0 Å². The summed E-state index contributed by atoms with van der Waals surface area (Å²) < 4.78 is 0. The summed E-state index contributed by atoms with van der Waals surface area (Å²) in [4.78, 5) is 12.7. The Morgan fingerprint density at radius 2 is 2.31 bits per heavy atom. The van der Waals surface area contributed by atoms with Gasteiger partial charge in [-0.1, -0.05) is 17.7 Å². The minimum atomic E-state index is -0.110. The number of carbonyl (C=O) groups excluding carboxylic acids is 1. The van der Waals surface area contributed by atoms with Crippen LogP contribution in [0.15, 0.2) is 18.2 Å². The lowest BCUT2D eigenvalue weighted by Crippen LogP contribution is -2.24. The molecule has 0 saturated heterocycles. The molecule has 1 unspecified atom stereocenters. The van der Waals surface area contributed by atoms with Crippen LogP contribution in [-0.2, 0) is 0 Å². The van der Waals surface area contributed by atoms with E-state index < -0.39 is 0 Å². The largest absolute Gasteiger partial charge is 0.372 e. The molecule has 0 saturated carbocycles. The van der Waals surface area contributed by atoms with Crippen LogP contribution in [0.2, 0.25) is 5.02 Å². The van der Waals surface area contributed by atoms with Crippen LogP contribution in [0.1, 0.15) is 17.3 Å². The summed E-state index contributed by atoms with van der Waals surface area (Å²) in [5, 5.41) is 9.27. The third kappa shape index (κ3) is 2.74. The fraction of sp³-hybridized carbons (Fsp3) is 0.333. The summed E-state index contributed by atoms with van der Waals surface area (Å²) in [5.41, 5.74) is 1.22. The van der Waals surface area contributed by atoms with Crippen molar-refractivity contribution in [2.45, 2.75) is 6.92 Å². The van der Waals surface area contributed by atoms with E-state index in [-0.39, 0.29) is 5.92 Å². The van der Waals surface area contributed by atoms with Gasteiger partial charge >= 0.3 is 0 Å². The Morgan fingerprint density at radius 3 is 2.88 bits per heavy atom. The number of anilines is 1. The van der Waals surface area contributed by atoms with Gasteiger partial charge in [-0.05, 0) is 19.1 Å². The van der Waals surface area contributed by atoms with E-state index in [4.69, 9.17) is 16.9 Å². The highest BCUT2D eigenvalue weighted by molar-refractivity contribution is 6.33. The van der Waals surface area contributed by atoms with E-state index in [9.17, 15) is 4.79 Å². The Bertz CT molecular complexity index is 426. The third-order valence-electron chi connectivity index (χ3n) is 2.29. The van der Waals surface area contributed by atoms with Gasteiger partial charge in [-0.15, -0.1) is 0 Å². The Labute approximate surface area is 100 Å². The molecule has 0 aliphatic rings. The van der Waals surface area contributed by atoms with E-state index in [1.54, 1.807) is 18.2 Å². The first-order chi connectivity index (χ1) is 7.60. The van der Waals surface area contributed by atoms with Crippen molar-refractivity contribution in [3.63, 3.8) is 0 Å². The van der Waals surface area contributed by atoms with Crippen LogP contribution in [0.25, 0.3) is 0 Å². The average Bonchev–Trinajstić information content (AvgIpc) is 2.28. The van der Waals surface area contributed by atoms with E-state index in [0.717, 1.165) is 6.29 Å². The standard InChI is InChI=1S/C12H13ClN2O/c1-9(6-14)7-15(2)12-10(8-16)4-3-5-11(12)13/h3-5,8-9H,7H2,1-2H3. The molecule has 0 radical (unpaired) electrons. The maximum Gasteiger partial charge on any atom is 0.152 e. The lowest BCUT2D eigenvalue weighted by Gasteiger charge is -2.23. The summed E-state index contributed by atoms with van der Waals surface area (Å²) in [6.07, 6.45) is 0.773. The van der Waals surface area contributed by atoms with Crippen molar-refractivity contribution < 1.29 is 4.79 Å². The van der Waals surface area contributed by atoms with Crippen molar-refractivity contribution in [2.24, 2.45) is 5.92 Å². The first-order valence-corrected chi connectivity index (χ1v) is 5.32. The smallest absolute Gasteiger partial charge is 0.152 e. The van der Waals surface area contributed by atoms with Gasteiger partial charge in [0.1, 0.15) is 0 Å². The van der Waals surface area contributed by atoms with Gasteiger partial charge in [0.05, 0.1) is 22.7 Å². The predicted octanol–water partition coefficient (Wildman–Crippen LogP) is 2.75. The molecular weight excluding hydrogens is 224 g/mol. The molecule has 1 aromatic carbocycles. The van der Waals surface area contributed by atoms with Gasteiger partial charge in [0.2, 0.25) is 0 Å². The number of carbonyl (C=O) groups is 1. The van der Waals surface area contributed by atoms with Crippen LogP contribution in [0.4, 0.5) is 5.69 Å². The maximum atomic E-state index is 10.9. The van der Waals surface area contributed by atoms with E-state index in [0.29, 0.717) is 22.8 Å². The minimum absolute atomic E-state index is 0.110. The summed E-state index contributed by atoms with van der Waals surface area (Å²) >= 11 is 6.05. The molecule has 1 aromatic rings. The average molecular weight is 237 g/mol. The normalized spacial score (nSPS) is 11.6. The summed E-state index contributed by atoms with van der Waals surface area (Å²) in [6.45, 7) is 2.37. The lowest BCUT2D eigenvalue weighted by molar-refractivity contribution is 0.112. The highest BCUT2D eigenvalue weighted by atomic mass is 35.5. The lowest BCUT2D eigenvalue weighted by atomic mass is 10.1. The molecule has 1 rings (SSSR count). The van der Waals surface area contributed by atoms with Crippen molar-refractivity contribution in [3.05, 3.63) is 28.8 Å². The molecule has 0 fully saturated rings. The monoisotopic (exact) mass is 236 g/mol. The summed E-state index contributed by atoms with van der Waals surface area (Å²) in [7, 11) is 1.82. The molecular formula is C12H13ClN2O. The molecule has 84 valence electrons. The molecule has 16 heavy (non-hydrogen) atoms. The summed E-state index contributed by atoms with van der Waals surface area (Å²) in [6, 6.07) is 7.33. The van der Waals surface area contributed by atoms with Crippen molar-refractivity contribution >= 4 is 23.6 Å². The van der Waals surface area contributed by atoms with Gasteiger partial charge in [0, 0.05) is 19.2 Å². The van der Waals surface area contributed by atoms with Crippen molar-refractivity contribution in [1.29, 1.82) is 5.26 Å². The van der Waals surface area contributed by atoms with Crippen molar-refractivity contribution in [1.82, 2.24) is 0 Å². The molecule has 0 aliphatic heterocycles. The zero-order valence-electron chi connectivity index (χ0n) is 9.27. The number of rotatable bonds is 4. The number of nitriles is 1. The number of aldehydes is 1. The first-order valence-electron chi connectivity index (χ1n) is 4.94. The number of para-hydroxylation sites is 1. The highest BCUT2D eigenvalue weighted by Gasteiger charge is 2.13. The highest BCUT2D eigenvalue weighted by Crippen LogP contribution is 2.28. The Morgan fingerprint density at radius 1 is 1.62 bits per heavy atom. The second kappa shape index (κ2) is 5.53. The Hall–Kier alpha value is -1.53. The molecule has 4 heteroatoms. The van der Waals surface area contributed by atoms with E-state index in [2.05, 4.69) is 6.07 Å². The molecule has 0 amide bonds. The minimum Gasteiger partial charge on any atom is -0.372 e. The van der Waals surface area contributed by atoms with Gasteiger partial charge in [-0.3, -0.25) is 4.79 Å². The van der Waals surface area contributed by atoms with Crippen LogP contribution in [0.5, 0.6) is 0 Å². The van der Waals surface area contributed by atoms with Gasteiger partial charge < -0.3 is 4.90 Å². The van der Waals surface area contributed by atoms with E-state index in [1.807, 2.05) is 18.9 Å². The van der Waals surface area contributed by atoms with E-state index >= 15 is 0 Å². The zero-order chi connectivity index (χ0) is 12.1. The number of nitrogens with zero attached hydrogens (tertiary/aromatic N) is 2. The number of benzene rings is 1. The van der Waals surface area contributed by atoms with Crippen LogP contribution >= 0.6 is 11.6 Å². The zero-order valence-corrected chi connectivity index (χ0v) is 10.0. The molecule has 1 atom stereocenters. The molecule has 0 heterocycles. The number of halogens is 1. The third-order valence-corrected chi connectivity index (χ3v) is 2.60. The molecule has 0 spiro atoms. The number of hydrogen-bond acceptors (Lipinski definition) is 3. The van der Waals surface area contributed by atoms with Gasteiger partial charge in [0.25, 0.3) is 0 Å². The quantitative estimate of drug-likeness (QED) is 0.755. The molecule has 0 aromatic heterocycles. The SMILES string of the molecule is CC(C#N)CN(C)c1c(Cl)cccc1C=O. The van der Waals surface area contributed by atoms with Crippen LogP contribution < -0.4 is 4.90 Å². The molecule has 0 N–H and O–H groups in total. The number of hydrogen-bond donors (Lipinski definition) is 0.